The van der Waals surface area contributed by atoms with Crippen molar-refractivity contribution in [1.82, 2.24) is 24.7 Å². The van der Waals surface area contributed by atoms with Gasteiger partial charge in [-0.05, 0) is 56.3 Å². The summed E-state index contributed by atoms with van der Waals surface area (Å²) in [6, 6.07) is 12.6. The molecule has 1 amide bonds. The number of benzene rings is 1. The van der Waals surface area contributed by atoms with Crippen LogP contribution in [0.25, 0.3) is 11.5 Å². The minimum atomic E-state index is -0.674. The van der Waals surface area contributed by atoms with Gasteiger partial charge in [-0.25, -0.2) is 9.37 Å². The molecule has 10 heteroatoms. The summed E-state index contributed by atoms with van der Waals surface area (Å²) in [6.45, 7) is 4.00. The minimum absolute atomic E-state index is 0. The van der Waals surface area contributed by atoms with E-state index in [1.54, 1.807) is 42.9 Å². The van der Waals surface area contributed by atoms with Gasteiger partial charge in [-0.2, -0.15) is 0 Å². The van der Waals surface area contributed by atoms with Crippen molar-refractivity contribution in [2.24, 2.45) is 0 Å². The maximum absolute atomic E-state index is 14.3. The highest BCUT2D eigenvalue weighted by Gasteiger charge is 2.16. The lowest BCUT2D eigenvalue weighted by Crippen LogP contribution is -2.15. The second kappa shape index (κ2) is 9.97. The number of aromatic nitrogens is 5. The van der Waals surface area contributed by atoms with Gasteiger partial charge in [0, 0.05) is 12.2 Å². The fourth-order valence-electron chi connectivity index (χ4n) is 2.90. The molecule has 164 valence electrons. The molecular weight excluding hydrogens is 435 g/mol. The third-order valence-corrected chi connectivity index (χ3v) is 4.40. The molecule has 32 heavy (non-hydrogen) atoms. The summed E-state index contributed by atoms with van der Waals surface area (Å²) >= 11 is 0. The number of hydrogen-bond donors (Lipinski definition) is 1. The first-order chi connectivity index (χ1) is 15.0. The van der Waals surface area contributed by atoms with E-state index in [9.17, 15) is 9.18 Å². The predicted molar refractivity (Wildman–Crippen MR) is 120 cm³/mol. The maximum atomic E-state index is 14.3. The molecule has 0 radical (unpaired) electrons. The van der Waals surface area contributed by atoms with E-state index in [0.717, 1.165) is 0 Å². The summed E-state index contributed by atoms with van der Waals surface area (Å²) in [5, 5.41) is 10.7. The van der Waals surface area contributed by atoms with Crippen LogP contribution in [0.5, 0.6) is 11.5 Å². The summed E-state index contributed by atoms with van der Waals surface area (Å²) in [6.07, 6.45) is 4.76. The van der Waals surface area contributed by atoms with E-state index >= 15 is 0 Å². The predicted octanol–water partition coefficient (Wildman–Crippen LogP) is 4.92. The number of rotatable bonds is 6. The Hall–Kier alpha value is -3.85. The van der Waals surface area contributed by atoms with E-state index in [-0.39, 0.29) is 29.8 Å². The van der Waals surface area contributed by atoms with Gasteiger partial charge in [0.2, 0.25) is 0 Å². The first-order valence-corrected chi connectivity index (χ1v) is 9.57. The summed E-state index contributed by atoms with van der Waals surface area (Å²) in [5.74, 6) is 0.300. The summed E-state index contributed by atoms with van der Waals surface area (Å²) in [4.78, 5) is 21.1. The van der Waals surface area contributed by atoms with Crippen LogP contribution in [0.4, 0.5) is 10.2 Å². The normalized spacial score (nSPS) is 10.5. The molecule has 0 saturated heterocycles. The smallest absolute Gasteiger partial charge is 0.259 e. The van der Waals surface area contributed by atoms with Crippen LogP contribution in [0.3, 0.4) is 0 Å². The second-order valence-corrected chi connectivity index (χ2v) is 6.95. The van der Waals surface area contributed by atoms with Crippen molar-refractivity contribution in [1.29, 1.82) is 0 Å². The van der Waals surface area contributed by atoms with E-state index in [1.165, 1.54) is 24.4 Å². The van der Waals surface area contributed by atoms with E-state index in [2.05, 4.69) is 25.5 Å². The van der Waals surface area contributed by atoms with Gasteiger partial charge in [-0.15, -0.1) is 22.6 Å². The number of nitrogens with one attached hydrogen (secondary N) is 1. The van der Waals surface area contributed by atoms with Gasteiger partial charge in [0.1, 0.15) is 35.2 Å². The maximum Gasteiger partial charge on any atom is 0.259 e. The molecule has 1 N–H and O–H groups in total. The highest BCUT2D eigenvalue weighted by atomic mass is 35.5. The molecule has 0 saturated carbocycles. The first kappa shape index (κ1) is 22.8. The first-order valence-electron chi connectivity index (χ1n) is 9.57. The Morgan fingerprint density at radius 3 is 2.72 bits per heavy atom. The molecule has 3 heterocycles. The van der Waals surface area contributed by atoms with E-state index < -0.39 is 11.7 Å². The zero-order valence-corrected chi connectivity index (χ0v) is 18.1. The largest absolute Gasteiger partial charge is 0.456 e. The van der Waals surface area contributed by atoms with Crippen molar-refractivity contribution >= 4 is 24.1 Å². The van der Waals surface area contributed by atoms with Crippen molar-refractivity contribution < 1.29 is 13.9 Å². The molecule has 0 aliphatic heterocycles. The third-order valence-electron chi connectivity index (χ3n) is 4.40. The fourth-order valence-corrected chi connectivity index (χ4v) is 2.90. The van der Waals surface area contributed by atoms with Crippen LogP contribution in [-0.4, -0.2) is 30.6 Å². The van der Waals surface area contributed by atoms with Crippen LogP contribution in [0, 0.1) is 5.82 Å². The molecule has 0 atom stereocenters. The number of ether oxygens (including phenoxy) is 1. The average molecular weight is 455 g/mol. The quantitative estimate of drug-likeness (QED) is 0.444. The molecule has 0 bridgehead atoms. The van der Waals surface area contributed by atoms with Crippen molar-refractivity contribution in [2.75, 3.05) is 5.32 Å². The Balaban J connectivity index is 0.00000289. The SMILES string of the molecule is CC(C)n1cnnc1-c1cccc(NC(=O)c2cc(Oc3cccnc3)ccc2F)n1.Cl. The van der Waals surface area contributed by atoms with Crippen LogP contribution in [0.1, 0.15) is 30.2 Å². The summed E-state index contributed by atoms with van der Waals surface area (Å²) < 4.78 is 21.8. The lowest BCUT2D eigenvalue weighted by molar-refractivity contribution is 0.102. The van der Waals surface area contributed by atoms with Crippen molar-refractivity contribution in [3.63, 3.8) is 0 Å². The van der Waals surface area contributed by atoms with Gasteiger partial charge in [-0.3, -0.25) is 9.78 Å². The molecule has 4 aromatic rings. The standard InChI is InChI=1S/C22H19FN6O2.ClH/c1-14(2)29-13-25-28-21(29)19-6-3-7-20(26-19)27-22(30)17-11-15(8-9-18(17)23)31-16-5-4-10-24-12-16;/h3-14H,1-2H3,(H,26,27,30);1H. The molecule has 0 unspecified atom stereocenters. The zero-order valence-electron chi connectivity index (χ0n) is 17.3. The molecule has 0 fully saturated rings. The number of anilines is 1. The number of carbonyl (C=O) groups is 1. The molecule has 0 aliphatic rings. The van der Waals surface area contributed by atoms with Gasteiger partial charge in [0.05, 0.1) is 11.8 Å². The van der Waals surface area contributed by atoms with Crippen molar-refractivity contribution in [3.05, 3.63) is 78.6 Å². The minimum Gasteiger partial charge on any atom is -0.456 e. The third kappa shape index (κ3) is 5.06. The molecule has 4 rings (SSSR count). The van der Waals surface area contributed by atoms with Crippen LogP contribution < -0.4 is 10.1 Å². The summed E-state index contributed by atoms with van der Waals surface area (Å²) in [7, 11) is 0. The number of nitrogens with zero attached hydrogens (tertiary/aromatic N) is 5. The van der Waals surface area contributed by atoms with Gasteiger partial charge < -0.3 is 14.6 Å². The Morgan fingerprint density at radius 1 is 1.12 bits per heavy atom. The average Bonchev–Trinajstić information content (AvgIpc) is 3.26. The van der Waals surface area contributed by atoms with Crippen LogP contribution >= 0.6 is 12.4 Å². The van der Waals surface area contributed by atoms with Crippen molar-refractivity contribution in [3.8, 4) is 23.0 Å². The molecule has 0 spiro atoms. The van der Waals surface area contributed by atoms with Gasteiger partial charge in [-0.1, -0.05) is 6.07 Å². The van der Waals surface area contributed by atoms with E-state index in [0.29, 0.717) is 23.0 Å². The van der Waals surface area contributed by atoms with E-state index in [4.69, 9.17) is 4.74 Å². The van der Waals surface area contributed by atoms with Crippen LogP contribution in [-0.2, 0) is 0 Å². The molecule has 0 aliphatic carbocycles. The number of pyridine rings is 2. The van der Waals surface area contributed by atoms with E-state index in [1.807, 2.05) is 18.4 Å². The lowest BCUT2D eigenvalue weighted by Gasteiger charge is -2.11. The fraction of sp³-hybridized carbons (Fsp3) is 0.136. The van der Waals surface area contributed by atoms with Crippen molar-refractivity contribution in [2.45, 2.75) is 19.9 Å². The zero-order chi connectivity index (χ0) is 21.8. The van der Waals surface area contributed by atoms with Gasteiger partial charge in [0.15, 0.2) is 5.82 Å². The molecule has 3 aromatic heterocycles. The Kier molecular flexibility index (Phi) is 7.11. The highest BCUT2D eigenvalue weighted by molar-refractivity contribution is 6.04. The molecule has 1 aromatic carbocycles. The Labute approximate surface area is 189 Å². The molecule has 8 nitrogen and oxygen atoms in total. The summed E-state index contributed by atoms with van der Waals surface area (Å²) in [5.41, 5.74) is 0.372. The second-order valence-electron chi connectivity index (χ2n) is 6.95. The van der Waals surface area contributed by atoms with Crippen LogP contribution in [0.2, 0.25) is 0 Å². The number of hydrogen-bond acceptors (Lipinski definition) is 6. The molecular formula is C22H20ClFN6O2. The Bertz CT molecular complexity index is 1220. The topological polar surface area (TPSA) is 94.8 Å². The number of halogens is 2. The Morgan fingerprint density at radius 2 is 1.97 bits per heavy atom. The number of carbonyl (C=O) groups excluding carboxylic acids is 1. The van der Waals surface area contributed by atoms with Crippen LogP contribution in [0.15, 0.2) is 67.3 Å². The van der Waals surface area contributed by atoms with Gasteiger partial charge in [0.25, 0.3) is 5.91 Å². The monoisotopic (exact) mass is 454 g/mol. The van der Waals surface area contributed by atoms with Gasteiger partial charge >= 0.3 is 0 Å². The number of amides is 1. The lowest BCUT2D eigenvalue weighted by atomic mass is 10.2. The highest BCUT2D eigenvalue weighted by Crippen LogP contribution is 2.24.